The quantitative estimate of drug-likeness (QED) is 0.905. The largest absolute Gasteiger partial charge is 0.307 e. The Morgan fingerprint density at radius 2 is 1.80 bits per heavy atom. The van der Waals surface area contributed by atoms with Gasteiger partial charge in [0, 0.05) is 24.5 Å². The molecule has 2 heteroatoms. The lowest BCUT2D eigenvalue weighted by atomic mass is 9.74. The highest BCUT2D eigenvalue weighted by atomic mass is 15.0. The SMILES string of the molecule is Cc1ccccc1C1CC(N[C@@H](C)c2ccncc2)C1. The maximum atomic E-state index is 4.07. The number of nitrogens with zero attached hydrogens (tertiary/aromatic N) is 1. The fraction of sp³-hybridized carbons (Fsp3) is 0.389. The van der Waals surface area contributed by atoms with Crippen LogP contribution in [-0.4, -0.2) is 11.0 Å². The monoisotopic (exact) mass is 266 g/mol. The number of hydrogen-bond donors (Lipinski definition) is 1. The zero-order valence-electron chi connectivity index (χ0n) is 12.2. The third-order valence-corrected chi connectivity index (χ3v) is 4.46. The fourth-order valence-electron chi connectivity index (χ4n) is 3.15. The molecule has 1 fully saturated rings. The van der Waals surface area contributed by atoms with E-state index in [-0.39, 0.29) is 0 Å². The lowest BCUT2D eigenvalue weighted by Crippen LogP contribution is -2.41. The number of aryl methyl sites for hydroxylation is 1. The van der Waals surface area contributed by atoms with Gasteiger partial charge in [-0.1, -0.05) is 24.3 Å². The molecule has 20 heavy (non-hydrogen) atoms. The standard InChI is InChI=1S/C18H22N2/c1-13-5-3-4-6-18(13)16-11-17(12-16)20-14(2)15-7-9-19-10-8-15/h3-10,14,16-17,20H,11-12H2,1-2H3/t14-,16?,17?/m0/s1. The Hall–Kier alpha value is -1.67. The summed E-state index contributed by atoms with van der Waals surface area (Å²) in [5.41, 5.74) is 4.28. The van der Waals surface area contributed by atoms with Gasteiger partial charge in [0.2, 0.25) is 0 Å². The minimum absolute atomic E-state index is 0.404. The Labute approximate surface area is 121 Å². The molecule has 104 valence electrons. The molecule has 0 amide bonds. The number of aromatic nitrogens is 1. The Balaban J connectivity index is 1.55. The second-order valence-corrected chi connectivity index (χ2v) is 5.89. The molecule has 1 N–H and O–H groups in total. The van der Waals surface area contributed by atoms with Crippen LogP contribution in [0.4, 0.5) is 0 Å². The van der Waals surface area contributed by atoms with Crippen molar-refractivity contribution in [3.63, 3.8) is 0 Å². The molecule has 2 aromatic rings. The van der Waals surface area contributed by atoms with E-state index in [9.17, 15) is 0 Å². The van der Waals surface area contributed by atoms with Gasteiger partial charge in [0.05, 0.1) is 0 Å². The molecule has 1 atom stereocenters. The van der Waals surface area contributed by atoms with Crippen molar-refractivity contribution in [2.75, 3.05) is 0 Å². The van der Waals surface area contributed by atoms with E-state index in [2.05, 4.69) is 60.5 Å². The highest BCUT2D eigenvalue weighted by molar-refractivity contribution is 5.31. The van der Waals surface area contributed by atoms with Crippen LogP contribution >= 0.6 is 0 Å². The second kappa shape index (κ2) is 5.76. The van der Waals surface area contributed by atoms with Crippen LogP contribution in [-0.2, 0) is 0 Å². The predicted molar refractivity (Wildman–Crippen MR) is 82.7 cm³/mol. The highest BCUT2D eigenvalue weighted by Gasteiger charge is 2.31. The van der Waals surface area contributed by atoms with Crippen molar-refractivity contribution >= 4 is 0 Å². The molecule has 1 aliphatic carbocycles. The predicted octanol–water partition coefficient (Wildman–Crippen LogP) is 3.99. The summed E-state index contributed by atoms with van der Waals surface area (Å²) >= 11 is 0. The summed E-state index contributed by atoms with van der Waals surface area (Å²) < 4.78 is 0. The minimum Gasteiger partial charge on any atom is -0.307 e. The van der Waals surface area contributed by atoms with E-state index in [1.807, 2.05) is 12.4 Å². The molecule has 0 bridgehead atoms. The van der Waals surface area contributed by atoms with Crippen LogP contribution in [0.2, 0.25) is 0 Å². The van der Waals surface area contributed by atoms with Gasteiger partial charge < -0.3 is 5.32 Å². The molecule has 1 aliphatic rings. The van der Waals surface area contributed by atoms with Crippen molar-refractivity contribution in [3.05, 3.63) is 65.5 Å². The van der Waals surface area contributed by atoms with Gasteiger partial charge in [0.1, 0.15) is 0 Å². The first-order valence-corrected chi connectivity index (χ1v) is 7.45. The molecular weight excluding hydrogens is 244 g/mol. The van der Waals surface area contributed by atoms with Gasteiger partial charge in [-0.25, -0.2) is 0 Å². The number of benzene rings is 1. The summed E-state index contributed by atoms with van der Waals surface area (Å²) in [6, 6.07) is 14.0. The second-order valence-electron chi connectivity index (χ2n) is 5.89. The van der Waals surface area contributed by atoms with Gasteiger partial charge in [0.25, 0.3) is 0 Å². The summed E-state index contributed by atoms with van der Waals surface area (Å²) in [5.74, 6) is 0.735. The molecule has 1 aromatic heterocycles. The summed E-state index contributed by atoms with van der Waals surface area (Å²) in [7, 11) is 0. The molecule has 3 rings (SSSR count). The molecule has 2 nitrogen and oxygen atoms in total. The first-order valence-electron chi connectivity index (χ1n) is 7.45. The van der Waals surface area contributed by atoms with Crippen LogP contribution < -0.4 is 5.32 Å². The molecule has 0 radical (unpaired) electrons. The Bertz CT molecular complexity index is 559. The van der Waals surface area contributed by atoms with Crippen molar-refractivity contribution in [3.8, 4) is 0 Å². The smallest absolute Gasteiger partial charge is 0.0295 e. The number of nitrogens with one attached hydrogen (secondary N) is 1. The van der Waals surface area contributed by atoms with Crippen LogP contribution in [0, 0.1) is 6.92 Å². The van der Waals surface area contributed by atoms with Crippen LogP contribution in [0.3, 0.4) is 0 Å². The number of pyridine rings is 1. The lowest BCUT2D eigenvalue weighted by Gasteiger charge is -2.39. The molecule has 0 spiro atoms. The molecule has 1 saturated carbocycles. The summed E-state index contributed by atoms with van der Waals surface area (Å²) in [6.07, 6.45) is 6.23. The summed E-state index contributed by atoms with van der Waals surface area (Å²) in [4.78, 5) is 4.07. The maximum absolute atomic E-state index is 4.07. The molecule has 1 heterocycles. The van der Waals surface area contributed by atoms with E-state index in [0.29, 0.717) is 12.1 Å². The lowest BCUT2D eigenvalue weighted by molar-refractivity contribution is 0.270. The zero-order chi connectivity index (χ0) is 13.9. The molecule has 0 saturated heterocycles. The van der Waals surface area contributed by atoms with E-state index in [1.54, 1.807) is 0 Å². The molecule has 0 unspecified atom stereocenters. The highest BCUT2D eigenvalue weighted by Crippen LogP contribution is 2.39. The van der Waals surface area contributed by atoms with E-state index >= 15 is 0 Å². The van der Waals surface area contributed by atoms with Gasteiger partial charge in [0.15, 0.2) is 0 Å². The Morgan fingerprint density at radius 3 is 2.50 bits per heavy atom. The van der Waals surface area contributed by atoms with Crippen LogP contribution in [0.5, 0.6) is 0 Å². The van der Waals surface area contributed by atoms with Gasteiger partial charge in [-0.3, -0.25) is 4.98 Å². The van der Waals surface area contributed by atoms with E-state index in [4.69, 9.17) is 0 Å². The average Bonchev–Trinajstić information content (AvgIpc) is 2.44. The molecule has 1 aromatic carbocycles. The average molecular weight is 266 g/mol. The molecule has 0 aliphatic heterocycles. The van der Waals surface area contributed by atoms with E-state index in [1.165, 1.54) is 29.5 Å². The zero-order valence-corrected chi connectivity index (χ0v) is 12.2. The molecular formula is C18H22N2. The van der Waals surface area contributed by atoms with E-state index in [0.717, 1.165) is 5.92 Å². The van der Waals surface area contributed by atoms with Crippen molar-refractivity contribution < 1.29 is 0 Å². The third kappa shape index (κ3) is 2.75. The van der Waals surface area contributed by atoms with Gasteiger partial charge >= 0.3 is 0 Å². The minimum atomic E-state index is 0.404. The van der Waals surface area contributed by atoms with Gasteiger partial charge in [-0.05, 0) is 61.4 Å². The van der Waals surface area contributed by atoms with Crippen LogP contribution in [0.15, 0.2) is 48.8 Å². The Morgan fingerprint density at radius 1 is 1.10 bits per heavy atom. The van der Waals surface area contributed by atoms with Crippen LogP contribution in [0.1, 0.15) is 48.4 Å². The maximum Gasteiger partial charge on any atom is 0.0295 e. The first-order chi connectivity index (χ1) is 9.74. The summed E-state index contributed by atoms with van der Waals surface area (Å²) in [5, 5.41) is 3.72. The number of rotatable bonds is 4. The van der Waals surface area contributed by atoms with E-state index < -0.39 is 0 Å². The normalized spacial score (nSPS) is 23.1. The topological polar surface area (TPSA) is 24.9 Å². The third-order valence-electron chi connectivity index (χ3n) is 4.46. The van der Waals surface area contributed by atoms with Gasteiger partial charge in [-0.2, -0.15) is 0 Å². The van der Waals surface area contributed by atoms with Crippen molar-refractivity contribution in [1.29, 1.82) is 0 Å². The first kappa shape index (κ1) is 13.3. The fourth-order valence-corrected chi connectivity index (χ4v) is 3.15. The Kier molecular flexibility index (Phi) is 3.83. The van der Waals surface area contributed by atoms with Crippen LogP contribution in [0.25, 0.3) is 0 Å². The van der Waals surface area contributed by atoms with Crippen molar-refractivity contribution in [1.82, 2.24) is 10.3 Å². The van der Waals surface area contributed by atoms with Crippen molar-refractivity contribution in [2.24, 2.45) is 0 Å². The van der Waals surface area contributed by atoms with Gasteiger partial charge in [-0.15, -0.1) is 0 Å². The summed E-state index contributed by atoms with van der Waals surface area (Å²) in [6.45, 7) is 4.45. The number of hydrogen-bond acceptors (Lipinski definition) is 2. The van der Waals surface area contributed by atoms with Crippen molar-refractivity contribution in [2.45, 2.75) is 44.7 Å².